The summed E-state index contributed by atoms with van der Waals surface area (Å²) in [5, 5.41) is 0. The Morgan fingerprint density at radius 2 is 1.00 bits per heavy atom. The minimum absolute atomic E-state index is 0.811. The Morgan fingerprint density at radius 1 is 0.600 bits per heavy atom. The van der Waals surface area contributed by atoms with Gasteiger partial charge in [-0.15, -0.1) is 0 Å². The molecule has 0 bridgehead atoms. The van der Waals surface area contributed by atoms with E-state index in [0.29, 0.717) is 0 Å². The summed E-state index contributed by atoms with van der Waals surface area (Å²) in [6.45, 7) is 10.6. The summed E-state index contributed by atoms with van der Waals surface area (Å²) in [5.74, 6) is 0. The molecule has 0 N–H and O–H groups in total. The Kier molecular flexibility index (Phi) is 13.6. The molecule has 20 heavy (non-hydrogen) atoms. The predicted molar refractivity (Wildman–Crippen MR) is 85.5 cm³/mol. The van der Waals surface area contributed by atoms with Crippen LogP contribution in [0.15, 0.2) is 0 Å². The molecular weight excluding hydrogens is 254 g/mol. The van der Waals surface area contributed by atoms with Crippen molar-refractivity contribution in [2.75, 3.05) is 87.3 Å². The summed E-state index contributed by atoms with van der Waals surface area (Å²) in [7, 11) is 8.27. The van der Waals surface area contributed by atoms with Gasteiger partial charge < -0.3 is 19.3 Å². The average Bonchev–Trinajstić information content (AvgIpc) is 2.37. The molecular formula is C15H35N3O2. The molecule has 0 saturated carbocycles. The number of likely N-dealkylation sites (N-methyl/N-ethyl adjacent to an activating group) is 2. The summed E-state index contributed by atoms with van der Waals surface area (Å²) in [6, 6.07) is 0. The molecule has 0 radical (unpaired) electrons. The fraction of sp³-hybridized carbons (Fsp3) is 1.00. The summed E-state index contributed by atoms with van der Waals surface area (Å²) in [4.78, 5) is 6.70. The van der Waals surface area contributed by atoms with Crippen LogP contribution in [0.1, 0.15) is 13.3 Å². The van der Waals surface area contributed by atoms with Gasteiger partial charge in [0.2, 0.25) is 0 Å². The number of rotatable bonds is 14. The quantitative estimate of drug-likeness (QED) is 0.442. The first-order chi connectivity index (χ1) is 9.56. The number of hydrogen-bond donors (Lipinski definition) is 0. The van der Waals surface area contributed by atoms with E-state index in [4.69, 9.17) is 9.47 Å². The maximum absolute atomic E-state index is 5.65. The fourth-order valence-corrected chi connectivity index (χ4v) is 1.74. The van der Waals surface area contributed by atoms with E-state index in [1.54, 1.807) is 0 Å². The van der Waals surface area contributed by atoms with Crippen LogP contribution in [-0.2, 0) is 9.47 Å². The van der Waals surface area contributed by atoms with Gasteiger partial charge >= 0.3 is 0 Å². The summed E-state index contributed by atoms with van der Waals surface area (Å²) in [5.41, 5.74) is 0. The van der Waals surface area contributed by atoms with Gasteiger partial charge in [0, 0.05) is 26.2 Å². The van der Waals surface area contributed by atoms with Gasteiger partial charge in [0.1, 0.15) is 0 Å². The lowest BCUT2D eigenvalue weighted by Crippen LogP contribution is -2.33. The van der Waals surface area contributed by atoms with E-state index in [-0.39, 0.29) is 0 Å². The second-order valence-corrected chi connectivity index (χ2v) is 5.67. The molecule has 0 fully saturated rings. The number of nitrogens with zero attached hydrogens (tertiary/aromatic N) is 3. The van der Waals surface area contributed by atoms with Crippen molar-refractivity contribution in [3.05, 3.63) is 0 Å². The molecule has 0 unspecified atom stereocenters. The predicted octanol–water partition coefficient (Wildman–Crippen LogP) is 0.855. The lowest BCUT2D eigenvalue weighted by Gasteiger charge is -2.22. The first kappa shape index (κ1) is 19.8. The van der Waals surface area contributed by atoms with Crippen molar-refractivity contribution in [1.82, 2.24) is 14.7 Å². The maximum atomic E-state index is 5.65. The molecule has 122 valence electrons. The third kappa shape index (κ3) is 14.2. The van der Waals surface area contributed by atoms with Crippen molar-refractivity contribution < 1.29 is 9.47 Å². The highest BCUT2D eigenvalue weighted by Gasteiger charge is 2.04. The van der Waals surface area contributed by atoms with Gasteiger partial charge in [-0.1, -0.05) is 6.92 Å². The van der Waals surface area contributed by atoms with E-state index in [1.165, 1.54) is 6.42 Å². The number of ether oxygens (including phenoxy) is 2. The first-order valence-electron chi connectivity index (χ1n) is 7.73. The van der Waals surface area contributed by atoms with Gasteiger partial charge in [0.15, 0.2) is 0 Å². The van der Waals surface area contributed by atoms with Crippen LogP contribution >= 0.6 is 0 Å². The van der Waals surface area contributed by atoms with Crippen molar-refractivity contribution in [2.45, 2.75) is 13.3 Å². The monoisotopic (exact) mass is 289 g/mol. The van der Waals surface area contributed by atoms with Crippen LogP contribution in [-0.4, -0.2) is 102 Å². The van der Waals surface area contributed by atoms with Crippen LogP contribution in [0.2, 0.25) is 0 Å². The maximum Gasteiger partial charge on any atom is 0.0594 e. The molecule has 0 rings (SSSR count). The van der Waals surface area contributed by atoms with Gasteiger partial charge in [-0.25, -0.2) is 0 Å². The summed E-state index contributed by atoms with van der Waals surface area (Å²) in [6.07, 6.45) is 1.18. The third-order valence-electron chi connectivity index (χ3n) is 3.01. The minimum Gasteiger partial charge on any atom is -0.379 e. The Labute approximate surface area is 125 Å². The molecule has 0 saturated heterocycles. The highest BCUT2D eigenvalue weighted by Crippen LogP contribution is 1.93. The highest BCUT2D eigenvalue weighted by molar-refractivity contribution is 4.56. The third-order valence-corrected chi connectivity index (χ3v) is 3.01. The topological polar surface area (TPSA) is 28.2 Å². The molecule has 0 heterocycles. The van der Waals surface area contributed by atoms with E-state index in [1.807, 2.05) is 0 Å². The van der Waals surface area contributed by atoms with Crippen LogP contribution in [0.25, 0.3) is 0 Å². The Hall–Kier alpha value is -0.200. The van der Waals surface area contributed by atoms with Crippen molar-refractivity contribution >= 4 is 0 Å². The zero-order chi connectivity index (χ0) is 15.2. The van der Waals surface area contributed by atoms with E-state index in [0.717, 1.165) is 59.2 Å². The lowest BCUT2D eigenvalue weighted by molar-refractivity contribution is 0.0659. The van der Waals surface area contributed by atoms with Crippen LogP contribution in [0.4, 0.5) is 0 Å². The molecule has 0 aliphatic carbocycles. The molecule has 0 aromatic rings. The highest BCUT2D eigenvalue weighted by atomic mass is 16.5. The van der Waals surface area contributed by atoms with E-state index in [2.05, 4.69) is 49.8 Å². The molecule has 0 aliphatic heterocycles. The molecule has 0 amide bonds. The molecule has 0 aromatic carbocycles. The molecule has 0 atom stereocenters. The molecule has 0 aliphatic rings. The smallest absolute Gasteiger partial charge is 0.0594 e. The summed E-state index contributed by atoms with van der Waals surface area (Å²) >= 11 is 0. The normalized spacial score (nSPS) is 12.0. The van der Waals surface area contributed by atoms with Crippen LogP contribution < -0.4 is 0 Å². The van der Waals surface area contributed by atoms with Crippen LogP contribution in [0, 0.1) is 0 Å². The second kappa shape index (κ2) is 13.8. The van der Waals surface area contributed by atoms with Crippen molar-refractivity contribution in [3.63, 3.8) is 0 Å². The minimum atomic E-state index is 0.811. The Balaban J connectivity index is 3.55. The van der Waals surface area contributed by atoms with Crippen molar-refractivity contribution in [2.24, 2.45) is 0 Å². The van der Waals surface area contributed by atoms with Gasteiger partial charge in [0.05, 0.1) is 26.4 Å². The van der Waals surface area contributed by atoms with E-state index in [9.17, 15) is 0 Å². The number of hydrogen-bond acceptors (Lipinski definition) is 5. The first-order valence-corrected chi connectivity index (χ1v) is 7.73. The van der Waals surface area contributed by atoms with E-state index >= 15 is 0 Å². The Bertz CT molecular complexity index is 184. The lowest BCUT2D eigenvalue weighted by atomic mass is 10.4. The van der Waals surface area contributed by atoms with Crippen LogP contribution in [0.3, 0.4) is 0 Å². The second-order valence-electron chi connectivity index (χ2n) is 5.67. The molecule has 5 heteroatoms. The van der Waals surface area contributed by atoms with Crippen LogP contribution in [0.5, 0.6) is 0 Å². The van der Waals surface area contributed by atoms with Crippen molar-refractivity contribution in [1.29, 1.82) is 0 Å². The molecule has 5 nitrogen and oxygen atoms in total. The Morgan fingerprint density at radius 3 is 1.35 bits per heavy atom. The zero-order valence-electron chi connectivity index (χ0n) is 14.2. The van der Waals surface area contributed by atoms with Gasteiger partial charge in [-0.3, -0.25) is 4.90 Å². The largest absolute Gasteiger partial charge is 0.379 e. The SMILES string of the molecule is CCCN(CCOCCN(C)C)CCOCCN(C)C. The molecule has 0 aromatic heterocycles. The summed E-state index contributed by atoms with van der Waals surface area (Å²) < 4.78 is 11.3. The van der Waals surface area contributed by atoms with Gasteiger partial charge in [-0.2, -0.15) is 0 Å². The van der Waals surface area contributed by atoms with Crippen molar-refractivity contribution in [3.8, 4) is 0 Å². The van der Waals surface area contributed by atoms with Gasteiger partial charge in [0.25, 0.3) is 0 Å². The fourth-order valence-electron chi connectivity index (χ4n) is 1.74. The zero-order valence-corrected chi connectivity index (χ0v) is 14.2. The average molecular weight is 289 g/mol. The van der Waals surface area contributed by atoms with E-state index < -0.39 is 0 Å². The molecule has 0 spiro atoms. The standard InChI is InChI=1S/C15H35N3O2/c1-6-7-18(10-14-19-12-8-16(2)3)11-15-20-13-9-17(4)5/h6-15H2,1-5H3. The van der Waals surface area contributed by atoms with Gasteiger partial charge in [-0.05, 0) is 41.2 Å².